The molecule has 0 aliphatic heterocycles. The van der Waals surface area contributed by atoms with E-state index in [0.29, 0.717) is 18.5 Å². The minimum atomic E-state index is -3.95. The SMILES string of the molecule is C=CCN(CC(=O)N(Cc1ccccc1)Cc1cccn1C)S(=O)(=O)c1cccc2ccccc12. The molecule has 0 saturated heterocycles. The number of amides is 1. The van der Waals surface area contributed by atoms with E-state index in [1.165, 1.54) is 10.4 Å². The average molecular weight is 488 g/mol. The van der Waals surface area contributed by atoms with Gasteiger partial charge >= 0.3 is 0 Å². The minimum Gasteiger partial charge on any atom is -0.353 e. The van der Waals surface area contributed by atoms with E-state index in [2.05, 4.69) is 6.58 Å². The first-order chi connectivity index (χ1) is 16.9. The van der Waals surface area contributed by atoms with Crippen LogP contribution in [0.5, 0.6) is 0 Å². The summed E-state index contributed by atoms with van der Waals surface area (Å²) in [5.41, 5.74) is 1.93. The molecule has 4 rings (SSSR count). The third kappa shape index (κ3) is 5.53. The summed E-state index contributed by atoms with van der Waals surface area (Å²) in [4.78, 5) is 15.5. The molecule has 0 aliphatic rings. The van der Waals surface area contributed by atoms with Crippen molar-refractivity contribution in [2.45, 2.75) is 18.0 Å². The van der Waals surface area contributed by atoms with Gasteiger partial charge < -0.3 is 9.47 Å². The second-order valence-corrected chi connectivity index (χ2v) is 10.3. The standard InChI is InChI=1S/C28H29N3O3S/c1-3-18-31(35(33,34)27-17-9-14-24-13-7-8-16-26(24)27)22-28(32)30(20-23-11-5-4-6-12-23)21-25-15-10-19-29(25)2/h3-17,19H,1,18,20-22H2,2H3. The predicted octanol–water partition coefficient (Wildman–Crippen LogP) is 4.58. The maximum Gasteiger partial charge on any atom is 0.244 e. The number of hydrogen-bond acceptors (Lipinski definition) is 3. The molecule has 6 nitrogen and oxygen atoms in total. The van der Waals surface area contributed by atoms with E-state index in [-0.39, 0.29) is 23.9 Å². The molecule has 1 heterocycles. The Kier molecular flexibility index (Phi) is 7.48. The van der Waals surface area contributed by atoms with Crippen LogP contribution >= 0.6 is 0 Å². The number of benzene rings is 3. The van der Waals surface area contributed by atoms with Crippen LogP contribution in [-0.4, -0.2) is 41.2 Å². The highest BCUT2D eigenvalue weighted by Crippen LogP contribution is 2.26. The molecule has 0 saturated carbocycles. The quantitative estimate of drug-likeness (QED) is 0.308. The number of nitrogens with zero attached hydrogens (tertiary/aromatic N) is 3. The van der Waals surface area contributed by atoms with Gasteiger partial charge in [0.2, 0.25) is 15.9 Å². The van der Waals surface area contributed by atoms with Gasteiger partial charge in [0.15, 0.2) is 0 Å². The molecule has 1 amide bonds. The van der Waals surface area contributed by atoms with Gasteiger partial charge in [-0.1, -0.05) is 72.8 Å². The Morgan fingerprint density at radius 1 is 0.914 bits per heavy atom. The van der Waals surface area contributed by atoms with E-state index in [1.54, 1.807) is 23.1 Å². The zero-order chi connectivity index (χ0) is 24.8. The molecule has 0 fully saturated rings. The van der Waals surface area contributed by atoms with Gasteiger partial charge in [-0.25, -0.2) is 8.42 Å². The average Bonchev–Trinajstić information content (AvgIpc) is 3.27. The largest absolute Gasteiger partial charge is 0.353 e. The van der Waals surface area contributed by atoms with Gasteiger partial charge in [-0.15, -0.1) is 6.58 Å². The predicted molar refractivity (Wildman–Crippen MR) is 139 cm³/mol. The number of sulfonamides is 1. The Bertz CT molecular complexity index is 1420. The van der Waals surface area contributed by atoms with Crippen LogP contribution in [-0.2, 0) is 35.0 Å². The van der Waals surface area contributed by atoms with Gasteiger partial charge in [-0.3, -0.25) is 4.79 Å². The Balaban J connectivity index is 1.65. The number of carbonyl (C=O) groups is 1. The number of carbonyl (C=O) groups excluding carboxylic acids is 1. The van der Waals surface area contributed by atoms with E-state index in [1.807, 2.05) is 84.5 Å². The van der Waals surface area contributed by atoms with Gasteiger partial charge in [-0.05, 0) is 29.1 Å². The summed E-state index contributed by atoms with van der Waals surface area (Å²) in [6.45, 7) is 4.22. The summed E-state index contributed by atoms with van der Waals surface area (Å²) in [6.07, 6.45) is 3.43. The third-order valence-corrected chi connectivity index (χ3v) is 7.85. The summed E-state index contributed by atoms with van der Waals surface area (Å²) >= 11 is 0. The highest BCUT2D eigenvalue weighted by atomic mass is 32.2. The van der Waals surface area contributed by atoms with Gasteiger partial charge in [0, 0.05) is 37.4 Å². The zero-order valence-electron chi connectivity index (χ0n) is 19.7. The molecule has 0 bridgehead atoms. The molecule has 4 aromatic rings. The van der Waals surface area contributed by atoms with E-state index in [4.69, 9.17) is 0 Å². The highest BCUT2D eigenvalue weighted by Gasteiger charge is 2.29. The lowest BCUT2D eigenvalue weighted by Crippen LogP contribution is -2.42. The fraction of sp³-hybridized carbons (Fsp3) is 0.179. The molecule has 0 spiro atoms. The first-order valence-electron chi connectivity index (χ1n) is 11.4. The van der Waals surface area contributed by atoms with Crippen LogP contribution in [0.15, 0.2) is 109 Å². The highest BCUT2D eigenvalue weighted by molar-refractivity contribution is 7.89. The Morgan fingerprint density at radius 2 is 1.63 bits per heavy atom. The van der Waals surface area contributed by atoms with Crippen LogP contribution in [0.2, 0.25) is 0 Å². The van der Waals surface area contributed by atoms with Gasteiger partial charge in [-0.2, -0.15) is 4.31 Å². The monoisotopic (exact) mass is 487 g/mol. The number of aryl methyl sites for hydroxylation is 1. The van der Waals surface area contributed by atoms with Crippen LogP contribution in [0.4, 0.5) is 0 Å². The van der Waals surface area contributed by atoms with E-state index in [9.17, 15) is 13.2 Å². The van der Waals surface area contributed by atoms with Crippen LogP contribution in [0, 0.1) is 0 Å². The van der Waals surface area contributed by atoms with Gasteiger partial charge in [0.25, 0.3) is 0 Å². The van der Waals surface area contributed by atoms with Crippen LogP contribution < -0.4 is 0 Å². The third-order valence-electron chi connectivity index (χ3n) is 5.98. The van der Waals surface area contributed by atoms with Crippen LogP contribution in [0.1, 0.15) is 11.3 Å². The molecule has 0 aliphatic carbocycles. The lowest BCUT2D eigenvalue weighted by atomic mass is 10.1. The van der Waals surface area contributed by atoms with Crippen molar-refractivity contribution in [1.82, 2.24) is 13.8 Å². The van der Waals surface area contributed by atoms with Crippen molar-refractivity contribution in [3.8, 4) is 0 Å². The van der Waals surface area contributed by atoms with E-state index in [0.717, 1.165) is 16.6 Å². The molecular formula is C28H29N3O3S. The van der Waals surface area contributed by atoms with Crippen molar-refractivity contribution in [1.29, 1.82) is 0 Å². The topological polar surface area (TPSA) is 62.6 Å². The summed E-state index contributed by atoms with van der Waals surface area (Å²) < 4.78 is 30.6. The lowest BCUT2D eigenvalue weighted by molar-refractivity contribution is -0.132. The Hall–Kier alpha value is -3.68. The molecule has 0 N–H and O–H groups in total. The normalized spacial score (nSPS) is 11.6. The summed E-state index contributed by atoms with van der Waals surface area (Å²) in [6, 6.07) is 26.1. The van der Waals surface area contributed by atoms with Crippen molar-refractivity contribution in [3.63, 3.8) is 0 Å². The maximum absolute atomic E-state index is 13.7. The molecular weight excluding hydrogens is 458 g/mol. The van der Waals surface area contributed by atoms with Crippen molar-refractivity contribution in [2.24, 2.45) is 7.05 Å². The number of fused-ring (bicyclic) bond motifs is 1. The van der Waals surface area contributed by atoms with Crippen LogP contribution in [0.3, 0.4) is 0 Å². The van der Waals surface area contributed by atoms with Crippen molar-refractivity contribution in [2.75, 3.05) is 13.1 Å². The molecule has 0 radical (unpaired) electrons. The summed E-state index contributed by atoms with van der Waals surface area (Å²) in [5.74, 6) is -0.277. The van der Waals surface area contributed by atoms with Crippen molar-refractivity contribution >= 4 is 26.7 Å². The van der Waals surface area contributed by atoms with Gasteiger partial charge in [0.05, 0.1) is 18.0 Å². The first kappa shape index (κ1) is 24.4. The van der Waals surface area contributed by atoms with E-state index >= 15 is 0 Å². The number of aromatic nitrogens is 1. The van der Waals surface area contributed by atoms with E-state index < -0.39 is 10.0 Å². The molecule has 1 aromatic heterocycles. The van der Waals surface area contributed by atoms with Crippen LogP contribution in [0.25, 0.3) is 10.8 Å². The fourth-order valence-electron chi connectivity index (χ4n) is 4.09. The summed E-state index contributed by atoms with van der Waals surface area (Å²) in [7, 11) is -2.03. The lowest BCUT2D eigenvalue weighted by Gasteiger charge is -2.27. The fourth-order valence-corrected chi connectivity index (χ4v) is 5.67. The van der Waals surface area contributed by atoms with Gasteiger partial charge in [0.1, 0.15) is 0 Å². The Morgan fingerprint density at radius 3 is 2.34 bits per heavy atom. The molecule has 0 atom stereocenters. The van der Waals surface area contributed by atoms with Crippen molar-refractivity contribution in [3.05, 3.63) is 115 Å². The van der Waals surface area contributed by atoms with Crippen molar-refractivity contribution < 1.29 is 13.2 Å². The maximum atomic E-state index is 13.7. The molecule has 3 aromatic carbocycles. The number of rotatable bonds is 10. The second kappa shape index (κ2) is 10.7. The molecule has 0 unspecified atom stereocenters. The summed E-state index contributed by atoms with van der Waals surface area (Å²) in [5, 5.41) is 1.45. The Labute approximate surface area is 206 Å². The number of hydrogen-bond donors (Lipinski definition) is 0. The minimum absolute atomic E-state index is 0.0284. The zero-order valence-corrected chi connectivity index (χ0v) is 20.6. The smallest absolute Gasteiger partial charge is 0.244 e. The second-order valence-electron chi connectivity index (χ2n) is 8.41. The molecule has 35 heavy (non-hydrogen) atoms. The first-order valence-corrected chi connectivity index (χ1v) is 12.8. The molecule has 180 valence electrons. The molecule has 7 heteroatoms.